The number of nitrogens with one attached hydrogen (secondary N) is 2. The summed E-state index contributed by atoms with van der Waals surface area (Å²) in [7, 11) is 0. The van der Waals surface area contributed by atoms with E-state index in [1.807, 2.05) is 13.0 Å². The van der Waals surface area contributed by atoms with Gasteiger partial charge in [-0.2, -0.15) is 0 Å². The molecule has 0 radical (unpaired) electrons. The van der Waals surface area contributed by atoms with Crippen molar-refractivity contribution < 1.29 is 23.5 Å². The van der Waals surface area contributed by atoms with Crippen molar-refractivity contribution in [2.24, 2.45) is 5.41 Å². The van der Waals surface area contributed by atoms with Gasteiger partial charge in [-0.15, -0.1) is 11.3 Å². The van der Waals surface area contributed by atoms with Gasteiger partial charge < -0.3 is 20.6 Å². The number of halogens is 2. The standard InChI is InChI=1S/C25H35F2N5O3S/c1-14-8-17(29-11-23(3,4)5)28-10-16(14)19-18(22(35)32-12-25(26,27)9-15(32)2)30-21(36-19)20(34)31-24(6,7)13-33/h8,10,15,33H,9,11-13H2,1-7H3,(H,28,29)(H,31,34)/t15-/m0/s1. The van der Waals surface area contributed by atoms with E-state index in [2.05, 4.69) is 41.4 Å². The number of carbonyl (C=O) groups excluding carboxylic acids is 2. The third-order valence-electron chi connectivity index (χ3n) is 5.82. The molecular weight excluding hydrogens is 488 g/mol. The first-order chi connectivity index (χ1) is 16.5. The van der Waals surface area contributed by atoms with Crippen molar-refractivity contribution in [1.29, 1.82) is 0 Å². The molecular formula is C25H35F2N5O3S. The maximum absolute atomic E-state index is 14.1. The molecule has 3 rings (SSSR count). The van der Waals surface area contributed by atoms with E-state index in [9.17, 15) is 23.5 Å². The predicted molar refractivity (Wildman–Crippen MR) is 137 cm³/mol. The summed E-state index contributed by atoms with van der Waals surface area (Å²) in [4.78, 5) is 36.6. The summed E-state index contributed by atoms with van der Waals surface area (Å²) >= 11 is 0.998. The Hall–Kier alpha value is -2.66. The summed E-state index contributed by atoms with van der Waals surface area (Å²) in [6.07, 6.45) is 1.18. The quantitative estimate of drug-likeness (QED) is 0.498. The van der Waals surface area contributed by atoms with Gasteiger partial charge in [0.25, 0.3) is 17.7 Å². The van der Waals surface area contributed by atoms with Crippen LogP contribution in [0.25, 0.3) is 10.4 Å². The Balaban J connectivity index is 2.02. The van der Waals surface area contributed by atoms with Crippen molar-refractivity contribution in [1.82, 2.24) is 20.2 Å². The number of aromatic nitrogens is 2. The van der Waals surface area contributed by atoms with Gasteiger partial charge >= 0.3 is 0 Å². The minimum Gasteiger partial charge on any atom is -0.394 e. The first kappa shape index (κ1) is 27.9. The van der Waals surface area contributed by atoms with Gasteiger partial charge in [0.1, 0.15) is 11.5 Å². The van der Waals surface area contributed by atoms with Crippen LogP contribution in [0.3, 0.4) is 0 Å². The van der Waals surface area contributed by atoms with Crippen LogP contribution in [-0.2, 0) is 0 Å². The molecule has 0 aliphatic carbocycles. The molecule has 0 spiro atoms. The minimum atomic E-state index is -2.98. The van der Waals surface area contributed by atoms with Crippen molar-refractivity contribution >= 4 is 29.0 Å². The number of carbonyl (C=O) groups is 2. The second-order valence-corrected chi connectivity index (χ2v) is 12.3. The first-order valence-corrected chi connectivity index (χ1v) is 12.7. The second-order valence-electron chi connectivity index (χ2n) is 11.3. The average Bonchev–Trinajstić information content (AvgIpc) is 3.31. The molecule has 0 saturated carbocycles. The van der Waals surface area contributed by atoms with Crippen LogP contribution in [0.4, 0.5) is 14.6 Å². The third-order valence-corrected chi connectivity index (χ3v) is 6.90. The molecule has 3 N–H and O–H groups in total. The fourth-order valence-electron chi connectivity index (χ4n) is 3.81. The summed E-state index contributed by atoms with van der Waals surface area (Å²) in [6.45, 7) is 12.7. The van der Waals surface area contributed by atoms with E-state index in [0.717, 1.165) is 21.8 Å². The molecule has 1 fully saturated rings. The topological polar surface area (TPSA) is 107 Å². The maximum atomic E-state index is 14.1. The molecule has 198 valence electrons. The summed E-state index contributed by atoms with van der Waals surface area (Å²) < 4.78 is 28.1. The van der Waals surface area contributed by atoms with E-state index >= 15 is 0 Å². The fraction of sp³-hybridized carbons (Fsp3) is 0.600. The van der Waals surface area contributed by atoms with Gasteiger partial charge in [-0.3, -0.25) is 9.59 Å². The van der Waals surface area contributed by atoms with E-state index < -0.39 is 42.3 Å². The normalized spacial score (nSPS) is 17.8. The predicted octanol–water partition coefficient (Wildman–Crippen LogP) is 4.34. The largest absolute Gasteiger partial charge is 0.394 e. The molecule has 8 nitrogen and oxygen atoms in total. The molecule has 1 atom stereocenters. The second kappa shape index (κ2) is 10.0. The third kappa shape index (κ3) is 6.56. The Morgan fingerprint density at radius 1 is 1.28 bits per heavy atom. The monoisotopic (exact) mass is 523 g/mol. The number of aliphatic hydroxyl groups excluding tert-OH is 1. The summed E-state index contributed by atoms with van der Waals surface area (Å²) in [5, 5.41) is 15.5. The fourth-order valence-corrected chi connectivity index (χ4v) is 4.84. The number of nitrogens with zero attached hydrogens (tertiary/aromatic N) is 3. The van der Waals surface area contributed by atoms with E-state index in [-0.39, 0.29) is 22.7 Å². The van der Waals surface area contributed by atoms with E-state index in [1.54, 1.807) is 27.0 Å². The molecule has 1 aliphatic rings. The molecule has 2 amide bonds. The van der Waals surface area contributed by atoms with Crippen molar-refractivity contribution in [3.63, 3.8) is 0 Å². The summed E-state index contributed by atoms with van der Waals surface area (Å²) in [6, 6.07) is 1.17. The van der Waals surface area contributed by atoms with Crippen LogP contribution in [0.15, 0.2) is 12.3 Å². The average molecular weight is 524 g/mol. The molecule has 1 saturated heterocycles. The number of thiazole rings is 1. The lowest BCUT2D eigenvalue weighted by Gasteiger charge is -2.22. The van der Waals surface area contributed by atoms with Crippen LogP contribution in [0.2, 0.25) is 0 Å². The Kier molecular flexibility index (Phi) is 7.76. The first-order valence-electron chi connectivity index (χ1n) is 11.9. The lowest BCUT2D eigenvalue weighted by atomic mass is 9.97. The highest BCUT2D eigenvalue weighted by Crippen LogP contribution is 2.37. The Bertz CT molecular complexity index is 1140. The number of hydrogen-bond acceptors (Lipinski definition) is 7. The lowest BCUT2D eigenvalue weighted by Crippen LogP contribution is -2.46. The smallest absolute Gasteiger partial charge is 0.280 e. The van der Waals surface area contributed by atoms with Gasteiger partial charge in [-0.05, 0) is 44.7 Å². The van der Waals surface area contributed by atoms with Gasteiger partial charge in [0.2, 0.25) is 0 Å². The molecule has 2 aromatic heterocycles. The molecule has 36 heavy (non-hydrogen) atoms. The maximum Gasteiger partial charge on any atom is 0.280 e. The highest BCUT2D eigenvalue weighted by molar-refractivity contribution is 7.17. The minimum absolute atomic E-state index is 0.00261. The van der Waals surface area contributed by atoms with Crippen molar-refractivity contribution in [2.45, 2.75) is 72.4 Å². The van der Waals surface area contributed by atoms with Gasteiger partial charge in [0.05, 0.1) is 23.6 Å². The van der Waals surface area contributed by atoms with Crippen LogP contribution in [0.1, 0.15) is 73.8 Å². The SMILES string of the molecule is Cc1cc(NCC(C)(C)C)ncc1-c1sc(C(=O)NC(C)(C)CO)nc1C(=O)N1CC(F)(F)C[C@@H]1C. The molecule has 1 aliphatic heterocycles. The number of aliphatic hydroxyl groups is 1. The highest BCUT2D eigenvalue weighted by atomic mass is 32.1. The van der Waals surface area contributed by atoms with Crippen LogP contribution in [0, 0.1) is 12.3 Å². The van der Waals surface area contributed by atoms with Crippen LogP contribution < -0.4 is 10.6 Å². The summed E-state index contributed by atoms with van der Waals surface area (Å²) in [5.41, 5.74) is 0.468. The number of pyridine rings is 1. The van der Waals surface area contributed by atoms with Gasteiger partial charge in [0, 0.05) is 30.8 Å². The Morgan fingerprint density at radius 3 is 2.47 bits per heavy atom. The number of rotatable bonds is 7. The Labute approximate surface area is 214 Å². The number of likely N-dealkylation sites (tertiary alicyclic amines) is 1. The summed E-state index contributed by atoms with van der Waals surface area (Å²) in [5.74, 6) is -3.53. The molecule has 0 unspecified atom stereocenters. The van der Waals surface area contributed by atoms with Crippen LogP contribution >= 0.6 is 11.3 Å². The number of amides is 2. The number of alkyl halides is 2. The molecule has 0 aromatic carbocycles. The van der Waals surface area contributed by atoms with Gasteiger partial charge in [-0.25, -0.2) is 18.7 Å². The van der Waals surface area contributed by atoms with Crippen molar-refractivity contribution in [3.8, 4) is 10.4 Å². The van der Waals surface area contributed by atoms with E-state index in [0.29, 0.717) is 22.8 Å². The van der Waals surface area contributed by atoms with Crippen LogP contribution in [0.5, 0.6) is 0 Å². The number of anilines is 1. The molecule has 2 aromatic rings. The highest BCUT2D eigenvalue weighted by Gasteiger charge is 2.46. The molecule has 3 heterocycles. The van der Waals surface area contributed by atoms with Crippen molar-refractivity contribution in [3.05, 3.63) is 28.5 Å². The zero-order chi connectivity index (χ0) is 27.1. The van der Waals surface area contributed by atoms with Crippen LogP contribution in [-0.4, -0.2) is 69.0 Å². The molecule has 0 bridgehead atoms. The van der Waals surface area contributed by atoms with E-state index in [1.165, 1.54) is 0 Å². The number of hydrogen-bond donors (Lipinski definition) is 3. The zero-order valence-electron chi connectivity index (χ0n) is 21.8. The zero-order valence-corrected chi connectivity index (χ0v) is 22.6. The van der Waals surface area contributed by atoms with Gasteiger partial charge in [0.15, 0.2) is 5.01 Å². The van der Waals surface area contributed by atoms with E-state index in [4.69, 9.17) is 0 Å². The lowest BCUT2D eigenvalue weighted by molar-refractivity contribution is 0.0118. The Morgan fingerprint density at radius 2 is 1.94 bits per heavy atom. The number of aryl methyl sites for hydroxylation is 1. The molecule has 11 heteroatoms. The van der Waals surface area contributed by atoms with Gasteiger partial charge in [-0.1, -0.05) is 20.8 Å². The van der Waals surface area contributed by atoms with Crippen molar-refractivity contribution in [2.75, 3.05) is 25.0 Å².